The van der Waals surface area contributed by atoms with Crippen LogP contribution in [0.3, 0.4) is 0 Å². The number of fused-ring (bicyclic) bond motifs is 7. The van der Waals surface area contributed by atoms with Gasteiger partial charge in [0, 0.05) is 29.1 Å². The van der Waals surface area contributed by atoms with Crippen molar-refractivity contribution in [2.75, 3.05) is 0 Å². The molecular weight excluding hydrogens is 306 g/mol. The summed E-state index contributed by atoms with van der Waals surface area (Å²) in [6.45, 7) is 9.46. The van der Waals surface area contributed by atoms with Crippen molar-refractivity contribution in [3.63, 3.8) is 0 Å². The van der Waals surface area contributed by atoms with Gasteiger partial charge < -0.3 is 4.57 Å². The highest BCUT2D eigenvalue weighted by Gasteiger charge is 2.64. The average Bonchev–Trinajstić information content (AvgIpc) is 3.05. The average molecular weight is 335 g/mol. The standard InChI is InChI=1S/C23H29NO/c1-21(2)18-9-10-19-23(4,22(18,3)12-11-20(21)25)14-16-13-15-7-5-6-8-17(15)24(16)19/h5-8,13,18-19H,9-12,14H2,1-4H3/t18-,19-,22-,23-/m0/s1. The molecule has 2 fully saturated rings. The number of Topliss-reactive ketones (excluding diaryl/α,β-unsaturated/α-hetero) is 1. The Kier molecular flexibility index (Phi) is 2.87. The minimum Gasteiger partial charge on any atom is -0.341 e. The summed E-state index contributed by atoms with van der Waals surface area (Å²) in [5.74, 6) is 0.999. The van der Waals surface area contributed by atoms with E-state index in [1.54, 1.807) is 0 Å². The van der Waals surface area contributed by atoms with Crippen molar-refractivity contribution in [1.82, 2.24) is 4.57 Å². The van der Waals surface area contributed by atoms with Crippen LogP contribution in [0, 0.1) is 22.2 Å². The largest absolute Gasteiger partial charge is 0.341 e. The molecule has 4 atom stereocenters. The fourth-order valence-electron chi connectivity index (χ4n) is 7.09. The molecule has 0 bridgehead atoms. The number of para-hydroxylation sites is 1. The van der Waals surface area contributed by atoms with Crippen molar-refractivity contribution in [3.05, 3.63) is 36.0 Å². The summed E-state index contributed by atoms with van der Waals surface area (Å²) in [7, 11) is 0. The lowest BCUT2D eigenvalue weighted by Crippen LogP contribution is -2.58. The Labute approximate surface area is 150 Å². The predicted octanol–water partition coefficient (Wildman–Crippen LogP) is 5.55. The van der Waals surface area contributed by atoms with Gasteiger partial charge in [-0.05, 0) is 60.0 Å². The molecule has 1 aromatic carbocycles. The van der Waals surface area contributed by atoms with Crippen LogP contribution in [-0.2, 0) is 11.2 Å². The number of benzene rings is 1. The third-order valence-corrected chi connectivity index (χ3v) is 8.69. The summed E-state index contributed by atoms with van der Waals surface area (Å²) in [6.07, 6.45) is 5.37. The van der Waals surface area contributed by atoms with Gasteiger partial charge in [0.25, 0.3) is 0 Å². The highest BCUT2D eigenvalue weighted by Crippen LogP contribution is 2.69. The summed E-state index contributed by atoms with van der Waals surface area (Å²) >= 11 is 0. The molecule has 1 aliphatic heterocycles. The van der Waals surface area contributed by atoms with Crippen LogP contribution < -0.4 is 0 Å². The predicted molar refractivity (Wildman–Crippen MR) is 102 cm³/mol. The second-order valence-corrected chi connectivity index (χ2v) is 9.87. The topological polar surface area (TPSA) is 22.0 Å². The summed E-state index contributed by atoms with van der Waals surface area (Å²) in [5.41, 5.74) is 3.24. The number of carbonyl (C=O) groups excluding carboxylic acids is 1. The molecule has 5 rings (SSSR count). The number of rotatable bonds is 0. The Balaban J connectivity index is 1.66. The van der Waals surface area contributed by atoms with E-state index in [0.29, 0.717) is 17.7 Å². The molecule has 2 heteroatoms. The molecule has 3 aliphatic rings. The maximum absolute atomic E-state index is 12.6. The Morgan fingerprint density at radius 3 is 2.60 bits per heavy atom. The van der Waals surface area contributed by atoms with Gasteiger partial charge in [-0.25, -0.2) is 0 Å². The van der Waals surface area contributed by atoms with Crippen LogP contribution in [-0.4, -0.2) is 10.4 Å². The third-order valence-electron chi connectivity index (χ3n) is 8.69. The maximum Gasteiger partial charge on any atom is 0.138 e. The number of hydrogen-bond acceptors (Lipinski definition) is 1. The van der Waals surface area contributed by atoms with Crippen LogP contribution in [0.4, 0.5) is 0 Å². The Morgan fingerprint density at radius 2 is 1.80 bits per heavy atom. The fraction of sp³-hybridized carbons (Fsp3) is 0.609. The molecule has 1 aromatic heterocycles. The van der Waals surface area contributed by atoms with Gasteiger partial charge in [-0.1, -0.05) is 45.9 Å². The molecule has 0 spiro atoms. The molecule has 2 heterocycles. The minimum absolute atomic E-state index is 0.166. The third kappa shape index (κ3) is 1.69. The van der Waals surface area contributed by atoms with Gasteiger partial charge in [0.2, 0.25) is 0 Å². The molecule has 2 aromatic rings. The van der Waals surface area contributed by atoms with Gasteiger partial charge in [0.05, 0.1) is 0 Å². The molecule has 2 saturated carbocycles. The van der Waals surface area contributed by atoms with E-state index in [-0.39, 0.29) is 16.2 Å². The van der Waals surface area contributed by atoms with Crippen molar-refractivity contribution in [1.29, 1.82) is 0 Å². The van der Waals surface area contributed by atoms with Crippen molar-refractivity contribution >= 4 is 16.7 Å². The first-order valence-corrected chi connectivity index (χ1v) is 9.91. The van der Waals surface area contributed by atoms with E-state index < -0.39 is 0 Å². The van der Waals surface area contributed by atoms with E-state index in [9.17, 15) is 4.79 Å². The molecule has 0 amide bonds. The zero-order valence-electron chi connectivity index (χ0n) is 15.9. The summed E-state index contributed by atoms with van der Waals surface area (Å²) in [5, 5.41) is 1.38. The molecular formula is C23H29NO. The van der Waals surface area contributed by atoms with Crippen LogP contribution in [0.1, 0.15) is 65.1 Å². The number of hydrogen-bond donors (Lipinski definition) is 0. The number of aromatic nitrogens is 1. The lowest BCUT2D eigenvalue weighted by Gasteiger charge is -2.62. The van der Waals surface area contributed by atoms with Gasteiger partial charge in [-0.2, -0.15) is 0 Å². The van der Waals surface area contributed by atoms with E-state index in [0.717, 1.165) is 19.3 Å². The second kappa shape index (κ2) is 4.58. The molecule has 2 nitrogen and oxygen atoms in total. The molecule has 0 radical (unpaired) electrons. The lowest BCUT2D eigenvalue weighted by molar-refractivity contribution is -0.162. The summed E-state index contributed by atoms with van der Waals surface area (Å²) < 4.78 is 2.65. The Hall–Kier alpha value is -1.57. The summed E-state index contributed by atoms with van der Waals surface area (Å²) in [4.78, 5) is 12.6. The van der Waals surface area contributed by atoms with Gasteiger partial charge in [-0.3, -0.25) is 4.79 Å². The van der Waals surface area contributed by atoms with Crippen molar-refractivity contribution in [2.24, 2.45) is 22.2 Å². The normalized spacial score (nSPS) is 39.1. The molecule has 0 saturated heterocycles. The second-order valence-electron chi connectivity index (χ2n) is 9.87. The van der Waals surface area contributed by atoms with Crippen LogP contribution >= 0.6 is 0 Å². The van der Waals surface area contributed by atoms with Crippen LogP contribution in [0.25, 0.3) is 10.9 Å². The van der Waals surface area contributed by atoms with Crippen molar-refractivity contribution < 1.29 is 4.79 Å². The number of ketones is 1. The number of carbonyl (C=O) groups is 1. The zero-order valence-corrected chi connectivity index (χ0v) is 15.9. The number of nitrogens with zero attached hydrogens (tertiary/aromatic N) is 1. The van der Waals surface area contributed by atoms with E-state index in [1.807, 2.05) is 0 Å². The van der Waals surface area contributed by atoms with Crippen molar-refractivity contribution in [2.45, 2.75) is 65.8 Å². The fourth-order valence-corrected chi connectivity index (χ4v) is 7.09. The van der Waals surface area contributed by atoms with E-state index in [4.69, 9.17) is 0 Å². The maximum atomic E-state index is 12.6. The Morgan fingerprint density at radius 1 is 1.04 bits per heavy atom. The first-order chi connectivity index (χ1) is 11.8. The van der Waals surface area contributed by atoms with E-state index in [1.165, 1.54) is 29.4 Å². The summed E-state index contributed by atoms with van der Waals surface area (Å²) in [6, 6.07) is 11.8. The molecule has 2 aliphatic carbocycles. The van der Waals surface area contributed by atoms with E-state index in [2.05, 4.69) is 62.6 Å². The van der Waals surface area contributed by atoms with E-state index >= 15 is 0 Å². The molecule has 0 N–H and O–H groups in total. The highest BCUT2D eigenvalue weighted by molar-refractivity contribution is 5.86. The van der Waals surface area contributed by atoms with Crippen LogP contribution in [0.2, 0.25) is 0 Å². The highest BCUT2D eigenvalue weighted by atomic mass is 16.1. The van der Waals surface area contributed by atoms with Gasteiger partial charge in [0.15, 0.2) is 0 Å². The first-order valence-electron chi connectivity index (χ1n) is 9.91. The van der Waals surface area contributed by atoms with Crippen LogP contribution in [0.15, 0.2) is 30.3 Å². The first kappa shape index (κ1) is 15.7. The molecule has 132 valence electrons. The zero-order chi connectivity index (χ0) is 17.6. The van der Waals surface area contributed by atoms with Crippen LogP contribution in [0.5, 0.6) is 0 Å². The van der Waals surface area contributed by atoms with Crippen molar-refractivity contribution in [3.8, 4) is 0 Å². The lowest BCUT2D eigenvalue weighted by atomic mass is 9.42. The minimum atomic E-state index is -0.166. The monoisotopic (exact) mass is 335 g/mol. The van der Waals surface area contributed by atoms with Gasteiger partial charge in [0.1, 0.15) is 5.78 Å². The Bertz CT molecular complexity index is 891. The smallest absolute Gasteiger partial charge is 0.138 e. The van der Waals surface area contributed by atoms with Gasteiger partial charge in [-0.15, -0.1) is 0 Å². The van der Waals surface area contributed by atoms with Gasteiger partial charge >= 0.3 is 0 Å². The SMILES string of the molecule is CC1(C)C(=O)CC[C@@]2(C)[C@H]1CC[C@@H]1n3c(cc4ccccc43)C[C@@]12C. The quantitative estimate of drug-likeness (QED) is 0.618. The molecule has 25 heavy (non-hydrogen) atoms. The molecule has 0 unspecified atom stereocenters.